The summed E-state index contributed by atoms with van der Waals surface area (Å²) in [6.07, 6.45) is 1.05. The molecule has 60 valence electrons. The second-order valence-corrected chi connectivity index (χ2v) is 3.08. The van der Waals surface area contributed by atoms with E-state index in [1.54, 1.807) is 0 Å². The SMILES string of the molecule is CCc1ccc(CBr)c(N)c1. The first-order valence-corrected chi connectivity index (χ1v) is 4.83. The van der Waals surface area contributed by atoms with Crippen molar-refractivity contribution in [2.24, 2.45) is 0 Å². The summed E-state index contributed by atoms with van der Waals surface area (Å²) in [6, 6.07) is 6.23. The fourth-order valence-electron chi connectivity index (χ4n) is 0.986. The van der Waals surface area contributed by atoms with Crippen molar-refractivity contribution >= 4 is 21.6 Å². The molecular weight excluding hydrogens is 202 g/mol. The molecule has 1 aromatic rings. The van der Waals surface area contributed by atoms with Gasteiger partial charge in [0.15, 0.2) is 0 Å². The lowest BCUT2D eigenvalue weighted by Crippen LogP contribution is -1.93. The third kappa shape index (κ3) is 1.96. The molecule has 11 heavy (non-hydrogen) atoms. The average Bonchev–Trinajstić information content (AvgIpc) is 2.04. The van der Waals surface area contributed by atoms with E-state index in [0.29, 0.717) is 0 Å². The van der Waals surface area contributed by atoms with Gasteiger partial charge in [-0.25, -0.2) is 0 Å². The molecule has 1 aromatic carbocycles. The number of hydrogen-bond donors (Lipinski definition) is 1. The molecule has 0 heterocycles. The van der Waals surface area contributed by atoms with Gasteiger partial charge in [0.05, 0.1) is 0 Å². The van der Waals surface area contributed by atoms with Crippen molar-refractivity contribution in [3.8, 4) is 0 Å². The maximum atomic E-state index is 5.78. The van der Waals surface area contributed by atoms with Crippen LogP contribution in [0.15, 0.2) is 18.2 Å². The highest BCUT2D eigenvalue weighted by molar-refractivity contribution is 9.08. The Morgan fingerprint density at radius 3 is 2.64 bits per heavy atom. The summed E-state index contributed by atoms with van der Waals surface area (Å²) in [6.45, 7) is 2.13. The van der Waals surface area contributed by atoms with Crippen LogP contribution >= 0.6 is 15.9 Å². The number of aryl methyl sites for hydroxylation is 1. The maximum absolute atomic E-state index is 5.78. The minimum Gasteiger partial charge on any atom is -0.398 e. The Hall–Kier alpha value is -0.500. The van der Waals surface area contributed by atoms with Gasteiger partial charge in [-0.2, -0.15) is 0 Å². The number of nitrogen functional groups attached to an aromatic ring is 1. The normalized spacial score (nSPS) is 10.0. The van der Waals surface area contributed by atoms with Crippen LogP contribution in [-0.4, -0.2) is 0 Å². The summed E-state index contributed by atoms with van der Waals surface area (Å²) in [5.74, 6) is 0. The van der Waals surface area contributed by atoms with Crippen LogP contribution in [0, 0.1) is 0 Å². The van der Waals surface area contributed by atoms with Gasteiger partial charge in [-0.15, -0.1) is 0 Å². The number of anilines is 1. The molecular formula is C9H12BrN. The third-order valence-electron chi connectivity index (χ3n) is 1.76. The maximum Gasteiger partial charge on any atom is 0.0357 e. The number of benzene rings is 1. The van der Waals surface area contributed by atoms with Gasteiger partial charge in [-0.05, 0) is 23.6 Å². The predicted octanol–water partition coefficient (Wildman–Crippen LogP) is 2.73. The molecule has 1 rings (SSSR count). The first kappa shape index (κ1) is 8.60. The monoisotopic (exact) mass is 213 g/mol. The summed E-state index contributed by atoms with van der Waals surface area (Å²) >= 11 is 3.37. The Morgan fingerprint density at radius 1 is 1.45 bits per heavy atom. The van der Waals surface area contributed by atoms with Crippen LogP contribution in [0.2, 0.25) is 0 Å². The Morgan fingerprint density at radius 2 is 2.18 bits per heavy atom. The molecule has 1 nitrogen and oxygen atoms in total. The highest BCUT2D eigenvalue weighted by Crippen LogP contribution is 2.16. The van der Waals surface area contributed by atoms with E-state index in [-0.39, 0.29) is 0 Å². The Labute approximate surface area is 75.7 Å². The van der Waals surface area contributed by atoms with Gasteiger partial charge >= 0.3 is 0 Å². The van der Waals surface area contributed by atoms with Crippen molar-refractivity contribution in [2.75, 3.05) is 5.73 Å². The van der Waals surface area contributed by atoms with Crippen molar-refractivity contribution in [1.29, 1.82) is 0 Å². The van der Waals surface area contributed by atoms with Crippen molar-refractivity contribution in [3.63, 3.8) is 0 Å². The summed E-state index contributed by atoms with van der Waals surface area (Å²) in [5.41, 5.74) is 9.13. The van der Waals surface area contributed by atoms with Gasteiger partial charge in [0.1, 0.15) is 0 Å². The standard InChI is InChI=1S/C9H12BrN/c1-2-7-3-4-8(6-10)9(11)5-7/h3-5H,2,6,11H2,1H3. The van der Waals surface area contributed by atoms with Crippen LogP contribution < -0.4 is 5.73 Å². The quantitative estimate of drug-likeness (QED) is 0.594. The molecule has 0 aliphatic heterocycles. The van der Waals surface area contributed by atoms with E-state index >= 15 is 0 Å². The largest absolute Gasteiger partial charge is 0.398 e. The first-order chi connectivity index (χ1) is 5.27. The Kier molecular flexibility index (Phi) is 2.94. The van der Waals surface area contributed by atoms with Crippen LogP contribution in [-0.2, 0) is 11.8 Å². The number of hydrogen-bond acceptors (Lipinski definition) is 1. The molecule has 0 unspecified atom stereocenters. The molecule has 0 aliphatic carbocycles. The molecule has 0 spiro atoms. The minimum absolute atomic E-state index is 0.836. The molecule has 0 saturated heterocycles. The van der Waals surface area contributed by atoms with Crippen LogP contribution in [0.1, 0.15) is 18.1 Å². The second kappa shape index (κ2) is 3.77. The van der Waals surface area contributed by atoms with Crippen molar-refractivity contribution in [3.05, 3.63) is 29.3 Å². The minimum atomic E-state index is 0.836. The van der Waals surface area contributed by atoms with Gasteiger partial charge in [0, 0.05) is 11.0 Å². The van der Waals surface area contributed by atoms with Crippen LogP contribution in [0.25, 0.3) is 0 Å². The zero-order valence-electron chi connectivity index (χ0n) is 6.60. The zero-order valence-corrected chi connectivity index (χ0v) is 8.19. The number of rotatable bonds is 2. The van der Waals surface area contributed by atoms with Gasteiger partial charge in [0.2, 0.25) is 0 Å². The lowest BCUT2D eigenvalue weighted by atomic mass is 10.1. The van der Waals surface area contributed by atoms with Crippen molar-refractivity contribution < 1.29 is 0 Å². The molecule has 0 aliphatic rings. The molecule has 0 radical (unpaired) electrons. The number of halogens is 1. The van der Waals surface area contributed by atoms with Gasteiger partial charge in [0.25, 0.3) is 0 Å². The molecule has 0 atom stereocenters. The van der Waals surface area contributed by atoms with Crippen molar-refractivity contribution in [1.82, 2.24) is 0 Å². The van der Waals surface area contributed by atoms with E-state index in [0.717, 1.165) is 17.4 Å². The zero-order chi connectivity index (χ0) is 8.27. The van der Waals surface area contributed by atoms with E-state index < -0.39 is 0 Å². The molecule has 2 heteroatoms. The van der Waals surface area contributed by atoms with E-state index in [1.165, 1.54) is 11.1 Å². The number of alkyl halides is 1. The highest BCUT2D eigenvalue weighted by atomic mass is 79.9. The molecule has 0 bridgehead atoms. The summed E-state index contributed by atoms with van der Waals surface area (Å²) in [5, 5.41) is 0.836. The summed E-state index contributed by atoms with van der Waals surface area (Å²) < 4.78 is 0. The topological polar surface area (TPSA) is 26.0 Å². The first-order valence-electron chi connectivity index (χ1n) is 3.71. The average molecular weight is 214 g/mol. The molecule has 2 N–H and O–H groups in total. The van der Waals surface area contributed by atoms with E-state index in [2.05, 4.69) is 35.0 Å². The summed E-state index contributed by atoms with van der Waals surface area (Å²) in [7, 11) is 0. The fourth-order valence-corrected chi connectivity index (χ4v) is 1.50. The van der Waals surface area contributed by atoms with Crippen LogP contribution in [0.5, 0.6) is 0 Å². The Balaban J connectivity index is 2.99. The van der Waals surface area contributed by atoms with E-state index in [1.807, 2.05) is 6.07 Å². The predicted molar refractivity (Wildman–Crippen MR) is 52.9 cm³/mol. The lowest BCUT2D eigenvalue weighted by molar-refractivity contribution is 1.14. The number of nitrogens with two attached hydrogens (primary N) is 1. The summed E-state index contributed by atoms with van der Waals surface area (Å²) in [4.78, 5) is 0. The molecule has 0 saturated carbocycles. The second-order valence-electron chi connectivity index (χ2n) is 2.52. The van der Waals surface area contributed by atoms with E-state index in [9.17, 15) is 0 Å². The van der Waals surface area contributed by atoms with Gasteiger partial charge < -0.3 is 5.73 Å². The van der Waals surface area contributed by atoms with Crippen LogP contribution in [0.4, 0.5) is 5.69 Å². The fraction of sp³-hybridized carbons (Fsp3) is 0.333. The van der Waals surface area contributed by atoms with Gasteiger partial charge in [-0.1, -0.05) is 35.0 Å². The van der Waals surface area contributed by atoms with Crippen molar-refractivity contribution in [2.45, 2.75) is 18.7 Å². The molecule has 0 amide bonds. The molecule has 0 fully saturated rings. The van der Waals surface area contributed by atoms with Crippen LogP contribution in [0.3, 0.4) is 0 Å². The smallest absolute Gasteiger partial charge is 0.0357 e. The highest BCUT2D eigenvalue weighted by Gasteiger charge is 1.96. The third-order valence-corrected chi connectivity index (χ3v) is 2.37. The lowest BCUT2D eigenvalue weighted by Gasteiger charge is -2.03. The molecule has 0 aromatic heterocycles. The Bertz CT molecular complexity index is 245. The van der Waals surface area contributed by atoms with Gasteiger partial charge in [-0.3, -0.25) is 0 Å². The van der Waals surface area contributed by atoms with E-state index in [4.69, 9.17) is 5.73 Å².